The minimum absolute atomic E-state index is 0.140. The van der Waals surface area contributed by atoms with E-state index in [9.17, 15) is 18.0 Å². The molecule has 140 valence electrons. The van der Waals surface area contributed by atoms with Gasteiger partial charge in [0.1, 0.15) is 5.54 Å². The van der Waals surface area contributed by atoms with E-state index in [-0.39, 0.29) is 9.83 Å². The van der Waals surface area contributed by atoms with E-state index < -0.39 is 32.6 Å². The van der Waals surface area contributed by atoms with Gasteiger partial charge in [0.2, 0.25) is 15.9 Å². The molecular formula is C14H19BIN5O4S. The molecule has 9 nitrogen and oxygen atoms in total. The highest BCUT2D eigenvalue weighted by atomic mass is 127. The van der Waals surface area contributed by atoms with E-state index in [4.69, 9.17) is 0 Å². The van der Waals surface area contributed by atoms with Crippen LogP contribution in [-0.4, -0.2) is 64.5 Å². The maximum Gasteiger partial charge on any atom is 0.260 e. The van der Waals surface area contributed by atoms with Gasteiger partial charge in [0.15, 0.2) is 7.98 Å². The van der Waals surface area contributed by atoms with E-state index in [2.05, 4.69) is 42.8 Å². The van der Waals surface area contributed by atoms with Crippen LogP contribution in [0.25, 0.3) is 0 Å². The molecule has 1 aromatic heterocycles. The summed E-state index contributed by atoms with van der Waals surface area (Å²) in [7, 11) is -1.73. The minimum Gasteiger partial charge on any atom is -0.344 e. The van der Waals surface area contributed by atoms with Gasteiger partial charge < -0.3 is 10.1 Å². The number of sulfonamides is 1. The quantitative estimate of drug-likeness (QED) is 0.263. The summed E-state index contributed by atoms with van der Waals surface area (Å²) in [6.45, 7) is 1.20. The topological polar surface area (TPSA) is 124 Å². The van der Waals surface area contributed by atoms with Gasteiger partial charge >= 0.3 is 0 Å². The average Bonchev–Trinajstić information content (AvgIpc) is 3.45. The Labute approximate surface area is 165 Å². The number of nitrogens with one attached hydrogen (secondary N) is 3. The second-order valence-electron chi connectivity index (χ2n) is 7.35. The van der Waals surface area contributed by atoms with E-state index in [1.54, 1.807) is 6.20 Å². The Bertz CT molecular complexity index is 872. The molecule has 2 amide bonds. The van der Waals surface area contributed by atoms with Crippen molar-refractivity contribution in [2.75, 3.05) is 6.54 Å². The van der Waals surface area contributed by atoms with Crippen molar-refractivity contribution < 1.29 is 18.0 Å². The Balaban J connectivity index is 1.50. The summed E-state index contributed by atoms with van der Waals surface area (Å²) in [5.74, 6) is -1.43. The second-order valence-corrected chi connectivity index (χ2v) is 10.8. The van der Waals surface area contributed by atoms with Crippen molar-refractivity contribution in [3.8, 4) is 0 Å². The fourth-order valence-corrected chi connectivity index (χ4v) is 5.85. The number of carbonyl (C=O) groups excluding carboxylic acids is 2. The first kappa shape index (κ1) is 18.2. The molecule has 0 aromatic carbocycles. The first-order valence-electron chi connectivity index (χ1n) is 8.46. The summed E-state index contributed by atoms with van der Waals surface area (Å²) >= 11 is 2.07. The number of H-pyrrole nitrogens is 1. The third-order valence-corrected chi connectivity index (χ3v) is 8.48. The number of fused-ring (bicyclic) bond motifs is 1. The van der Waals surface area contributed by atoms with Gasteiger partial charge in [0.25, 0.3) is 5.91 Å². The molecule has 1 aliphatic heterocycles. The van der Waals surface area contributed by atoms with Crippen LogP contribution in [0.1, 0.15) is 36.4 Å². The van der Waals surface area contributed by atoms with Gasteiger partial charge in [-0.1, -0.05) is 22.6 Å². The van der Waals surface area contributed by atoms with Crippen LogP contribution >= 0.6 is 22.6 Å². The van der Waals surface area contributed by atoms with E-state index in [0.717, 1.165) is 5.56 Å². The molecule has 26 heavy (non-hydrogen) atoms. The first-order chi connectivity index (χ1) is 12.2. The van der Waals surface area contributed by atoms with Crippen molar-refractivity contribution in [2.24, 2.45) is 0 Å². The molecule has 3 N–H and O–H groups in total. The molecule has 1 unspecified atom stereocenters. The van der Waals surface area contributed by atoms with Crippen molar-refractivity contribution in [3.05, 3.63) is 17.5 Å². The van der Waals surface area contributed by atoms with Crippen LogP contribution in [0.3, 0.4) is 0 Å². The molecule has 2 aliphatic carbocycles. The molecule has 4 rings (SSSR count). The molecule has 2 saturated carbocycles. The van der Waals surface area contributed by atoms with Crippen LogP contribution in [0.2, 0.25) is 0 Å². The molecule has 2 fully saturated rings. The number of hydrogen-bond acceptors (Lipinski definition) is 6. The Kier molecular flexibility index (Phi) is 4.34. The highest BCUT2D eigenvalue weighted by Gasteiger charge is 2.61. The number of carbonyl (C=O) groups is 2. The fraction of sp³-hybridized carbons (Fsp3) is 0.643. The van der Waals surface area contributed by atoms with Gasteiger partial charge in [0.05, 0.1) is 16.9 Å². The SMILES string of the molecule is BN1Cc2c[nH]nc2C(C(=O)N[C@]2(C(=O)NS(=O)(=O)C3CC3)C[C@H]2I)C1. The summed E-state index contributed by atoms with van der Waals surface area (Å²) in [6.07, 6.45) is 3.34. The molecular weight excluding hydrogens is 472 g/mol. The van der Waals surface area contributed by atoms with E-state index in [1.165, 1.54) is 0 Å². The largest absolute Gasteiger partial charge is 0.344 e. The molecule has 3 atom stereocenters. The van der Waals surface area contributed by atoms with Crippen molar-refractivity contribution in [3.63, 3.8) is 0 Å². The number of hydrogen-bond donors (Lipinski definition) is 3. The lowest BCUT2D eigenvalue weighted by molar-refractivity contribution is -0.130. The van der Waals surface area contributed by atoms with Crippen molar-refractivity contribution in [1.29, 1.82) is 0 Å². The van der Waals surface area contributed by atoms with E-state index in [1.807, 2.05) is 12.8 Å². The summed E-state index contributed by atoms with van der Waals surface area (Å²) < 4.78 is 26.2. The predicted octanol–water partition coefficient (Wildman–Crippen LogP) is -1.47. The predicted molar refractivity (Wildman–Crippen MR) is 104 cm³/mol. The second kappa shape index (κ2) is 6.19. The molecule has 0 radical (unpaired) electrons. The molecule has 0 bridgehead atoms. The van der Waals surface area contributed by atoms with Gasteiger partial charge in [-0.25, -0.2) is 8.42 Å². The van der Waals surface area contributed by atoms with Crippen molar-refractivity contribution in [1.82, 2.24) is 25.0 Å². The number of aromatic nitrogens is 2. The third-order valence-electron chi connectivity index (χ3n) is 5.16. The zero-order chi connectivity index (χ0) is 18.7. The Morgan fingerprint density at radius 3 is 2.73 bits per heavy atom. The van der Waals surface area contributed by atoms with Crippen molar-refractivity contribution in [2.45, 2.75) is 46.4 Å². The minimum atomic E-state index is -3.64. The van der Waals surface area contributed by atoms with Gasteiger partial charge in [-0.3, -0.25) is 19.4 Å². The average molecular weight is 491 g/mol. The van der Waals surface area contributed by atoms with Crippen LogP contribution in [0.4, 0.5) is 0 Å². The summed E-state index contributed by atoms with van der Waals surface area (Å²) in [4.78, 5) is 27.5. The highest BCUT2D eigenvalue weighted by molar-refractivity contribution is 14.1. The van der Waals surface area contributed by atoms with Crippen LogP contribution in [-0.2, 0) is 26.2 Å². The first-order valence-corrected chi connectivity index (χ1v) is 11.3. The van der Waals surface area contributed by atoms with E-state index in [0.29, 0.717) is 38.0 Å². The van der Waals surface area contributed by atoms with Crippen LogP contribution in [0.5, 0.6) is 0 Å². The fourth-order valence-electron chi connectivity index (χ4n) is 3.35. The zero-order valence-corrected chi connectivity index (χ0v) is 17.1. The Morgan fingerprint density at radius 2 is 2.12 bits per heavy atom. The standard InChI is InChI=1S/C14H19BIN5O4S/c15-21-5-7-4-17-19-11(7)9(6-21)12(22)18-14(3-10(14)16)13(23)20-26(24,25)8-1-2-8/h4,8-10H,1-3,5-6,15H2,(H,17,19)(H,18,22)(H,20,23)/t9?,10-,14-/m1/s1. The number of rotatable bonds is 5. The third kappa shape index (κ3) is 3.15. The van der Waals surface area contributed by atoms with Crippen molar-refractivity contribution >= 4 is 52.4 Å². The van der Waals surface area contributed by atoms with Gasteiger partial charge in [-0.05, 0) is 19.3 Å². The Morgan fingerprint density at radius 1 is 1.42 bits per heavy atom. The molecule has 1 aromatic rings. The highest BCUT2D eigenvalue weighted by Crippen LogP contribution is 2.44. The normalized spacial score (nSPS) is 31.1. The number of alkyl halides is 1. The van der Waals surface area contributed by atoms with E-state index >= 15 is 0 Å². The molecule has 0 saturated heterocycles. The van der Waals surface area contributed by atoms with Crippen LogP contribution in [0.15, 0.2) is 6.20 Å². The molecule has 3 aliphatic rings. The lowest BCUT2D eigenvalue weighted by Crippen LogP contribution is -2.54. The number of nitrogens with zero attached hydrogens (tertiary/aromatic N) is 2. The van der Waals surface area contributed by atoms with Crippen LogP contribution < -0.4 is 10.0 Å². The summed E-state index contributed by atoms with van der Waals surface area (Å²) in [5.41, 5.74) is 0.481. The summed E-state index contributed by atoms with van der Waals surface area (Å²) in [5, 5.41) is 9.31. The van der Waals surface area contributed by atoms with Gasteiger partial charge in [-0.2, -0.15) is 5.10 Å². The lowest BCUT2D eigenvalue weighted by atomic mass is 9.93. The number of halogens is 1. The maximum atomic E-state index is 12.9. The summed E-state index contributed by atoms with van der Waals surface area (Å²) in [6, 6.07) is 0. The maximum absolute atomic E-state index is 12.9. The van der Waals surface area contributed by atoms with Gasteiger partial charge in [0, 0.05) is 28.8 Å². The zero-order valence-electron chi connectivity index (χ0n) is 14.2. The number of aromatic amines is 1. The molecule has 12 heteroatoms. The monoisotopic (exact) mass is 491 g/mol. The van der Waals surface area contributed by atoms with Crippen LogP contribution in [0, 0.1) is 0 Å². The Hall–Kier alpha value is -1.15. The lowest BCUT2D eigenvalue weighted by Gasteiger charge is -2.30. The smallest absolute Gasteiger partial charge is 0.260 e. The van der Waals surface area contributed by atoms with Gasteiger partial charge in [-0.15, -0.1) is 0 Å². The molecule has 0 spiro atoms. The molecule has 2 heterocycles. The number of amides is 2.